The lowest BCUT2D eigenvalue weighted by atomic mass is 10.4. The lowest BCUT2D eigenvalue weighted by molar-refractivity contribution is 0.321. The fraction of sp³-hybridized carbons (Fsp3) is 0.286. The fourth-order valence-corrected chi connectivity index (χ4v) is 0.716. The molecule has 0 aliphatic heterocycles. The molecular weight excluding hydrogens is 142 g/mol. The largest absolute Gasteiger partial charge is 0.411 e. The summed E-state index contributed by atoms with van der Waals surface area (Å²) in [6.45, 7) is 1.97. The van der Waals surface area contributed by atoms with Gasteiger partial charge in [-0.1, -0.05) is 12.1 Å². The maximum atomic E-state index is 8.19. The third-order valence-electron chi connectivity index (χ3n) is 1.23. The molecule has 1 aromatic rings. The summed E-state index contributed by atoms with van der Waals surface area (Å²) in [6, 6.07) is 1.68. The molecule has 0 aliphatic carbocycles. The first-order valence-corrected chi connectivity index (χ1v) is 3.36. The maximum absolute atomic E-state index is 8.19. The van der Waals surface area contributed by atoms with E-state index in [2.05, 4.69) is 15.1 Å². The number of hydrogen-bond acceptors (Lipinski definition) is 4. The third kappa shape index (κ3) is 2.00. The summed E-state index contributed by atoms with van der Waals surface area (Å²) in [5.41, 5.74) is 0.624. The van der Waals surface area contributed by atoms with Gasteiger partial charge in [-0.2, -0.15) is 0 Å². The van der Waals surface area contributed by atoms with Crippen molar-refractivity contribution >= 4 is 6.21 Å². The van der Waals surface area contributed by atoms with Crippen molar-refractivity contribution in [1.82, 2.24) is 9.97 Å². The Kier molecular flexibility index (Phi) is 2.54. The van der Waals surface area contributed by atoms with E-state index in [1.54, 1.807) is 12.3 Å². The van der Waals surface area contributed by atoms with E-state index in [1.165, 1.54) is 6.21 Å². The highest BCUT2D eigenvalue weighted by atomic mass is 16.4. The number of rotatable bonds is 2. The normalized spacial score (nSPS) is 10.6. The molecule has 1 aromatic heterocycles. The molecule has 0 aliphatic rings. The number of aryl methyl sites for hydroxylation is 1. The Morgan fingerprint density at radius 2 is 2.55 bits per heavy atom. The summed E-state index contributed by atoms with van der Waals surface area (Å²) >= 11 is 0. The van der Waals surface area contributed by atoms with E-state index in [0.29, 0.717) is 5.69 Å². The molecule has 4 nitrogen and oxygen atoms in total. The molecule has 0 bridgehead atoms. The predicted octanol–water partition coefficient (Wildman–Crippen LogP) is 0.847. The number of nitrogens with zero attached hydrogens (tertiary/aromatic N) is 3. The third-order valence-corrected chi connectivity index (χ3v) is 1.23. The van der Waals surface area contributed by atoms with Gasteiger partial charge >= 0.3 is 0 Å². The van der Waals surface area contributed by atoms with E-state index in [0.717, 1.165) is 12.2 Å². The fourth-order valence-electron chi connectivity index (χ4n) is 0.716. The minimum atomic E-state index is 0.624. The van der Waals surface area contributed by atoms with Gasteiger partial charge in [0.25, 0.3) is 0 Å². The second kappa shape index (κ2) is 3.65. The highest BCUT2D eigenvalue weighted by Crippen LogP contribution is 1.92. The van der Waals surface area contributed by atoms with Gasteiger partial charge in [0.2, 0.25) is 0 Å². The highest BCUT2D eigenvalue weighted by Gasteiger charge is 1.92. The van der Waals surface area contributed by atoms with Gasteiger partial charge in [-0.05, 0) is 6.07 Å². The Morgan fingerprint density at radius 3 is 3.18 bits per heavy atom. The maximum Gasteiger partial charge on any atom is 0.128 e. The molecule has 0 saturated heterocycles. The van der Waals surface area contributed by atoms with Crippen LogP contribution in [0.15, 0.2) is 17.4 Å². The van der Waals surface area contributed by atoms with Gasteiger partial charge in [0.05, 0.1) is 11.9 Å². The van der Waals surface area contributed by atoms with Gasteiger partial charge in [0.15, 0.2) is 0 Å². The zero-order valence-electron chi connectivity index (χ0n) is 6.23. The molecule has 0 amide bonds. The molecule has 0 spiro atoms. The van der Waals surface area contributed by atoms with Gasteiger partial charge in [-0.15, -0.1) is 0 Å². The molecule has 0 unspecified atom stereocenters. The van der Waals surface area contributed by atoms with Gasteiger partial charge < -0.3 is 5.21 Å². The van der Waals surface area contributed by atoms with Crippen molar-refractivity contribution in [1.29, 1.82) is 0 Å². The van der Waals surface area contributed by atoms with Crippen LogP contribution in [-0.2, 0) is 6.42 Å². The van der Waals surface area contributed by atoms with Crippen LogP contribution in [-0.4, -0.2) is 21.4 Å². The summed E-state index contributed by atoms with van der Waals surface area (Å²) in [5.74, 6) is 0.752. The minimum absolute atomic E-state index is 0.624. The average Bonchev–Trinajstić information content (AvgIpc) is 2.06. The van der Waals surface area contributed by atoms with Crippen molar-refractivity contribution in [2.75, 3.05) is 0 Å². The Hall–Kier alpha value is -1.45. The first kappa shape index (κ1) is 7.65. The van der Waals surface area contributed by atoms with E-state index in [1.807, 2.05) is 6.92 Å². The first-order valence-electron chi connectivity index (χ1n) is 3.36. The van der Waals surface area contributed by atoms with Crippen LogP contribution < -0.4 is 0 Å². The van der Waals surface area contributed by atoms with Crippen LogP contribution in [0.5, 0.6) is 0 Å². The molecule has 1 heterocycles. The Labute approximate surface area is 64.6 Å². The van der Waals surface area contributed by atoms with Crippen molar-refractivity contribution in [3.63, 3.8) is 0 Å². The molecule has 1 N–H and O–H groups in total. The number of hydrogen-bond donors (Lipinski definition) is 1. The number of aromatic nitrogens is 2. The molecular formula is C7H9N3O. The summed E-state index contributed by atoms with van der Waals surface area (Å²) in [7, 11) is 0. The van der Waals surface area contributed by atoms with Gasteiger partial charge in [-0.3, -0.25) is 0 Å². The van der Waals surface area contributed by atoms with Crippen molar-refractivity contribution in [2.24, 2.45) is 5.16 Å². The molecule has 58 valence electrons. The molecule has 0 atom stereocenters. The summed E-state index contributed by atoms with van der Waals surface area (Å²) in [5, 5.41) is 11.1. The second-order valence-electron chi connectivity index (χ2n) is 2.00. The monoisotopic (exact) mass is 151 g/mol. The lowest BCUT2D eigenvalue weighted by Crippen LogP contribution is -1.95. The molecule has 0 saturated carbocycles. The predicted molar refractivity (Wildman–Crippen MR) is 40.8 cm³/mol. The standard InChI is InChI=1S/C7H9N3O/c1-2-7-8-4-3-6(10-7)5-9-11/h3-5,11H,2H2,1H3. The first-order chi connectivity index (χ1) is 5.36. The van der Waals surface area contributed by atoms with Gasteiger partial charge in [0.1, 0.15) is 5.82 Å². The molecule has 11 heavy (non-hydrogen) atoms. The Morgan fingerprint density at radius 1 is 1.73 bits per heavy atom. The van der Waals surface area contributed by atoms with Crippen LogP contribution in [0.2, 0.25) is 0 Å². The lowest BCUT2D eigenvalue weighted by Gasteiger charge is -1.94. The Balaban J connectivity index is 2.91. The molecule has 0 radical (unpaired) electrons. The zero-order chi connectivity index (χ0) is 8.10. The van der Waals surface area contributed by atoms with E-state index in [9.17, 15) is 0 Å². The molecule has 0 fully saturated rings. The van der Waals surface area contributed by atoms with Gasteiger partial charge in [-0.25, -0.2) is 9.97 Å². The highest BCUT2D eigenvalue weighted by molar-refractivity contribution is 5.75. The van der Waals surface area contributed by atoms with Crippen LogP contribution >= 0.6 is 0 Å². The summed E-state index contributed by atoms with van der Waals surface area (Å²) in [4.78, 5) is 8.05. The quantitative estimate of drug-likeness (QED) is 0.387. The summed E-state index contributed by atoms with van der Waals surface area (Å²) < 4.78 is 0. The van der Waals surface area contributed by atoms with Crippen molar-refractivity contribution < 1.29 is 5.21 Å². The summed E-state index contributed by atoms with van der Waals surface area (Å²) in [6.07, 6.45) is 3.71. The van der Waals surface area contributed by atoms with Crippen LogP contribution in [0.1, 0.15) is 18.4 Å². The van der Waals surface area contributed by atoms with Crippen LogP contribution in [0.25, 0.3) is 0 Å². The van der Waals surface area contributed by atoms with Crippen molar-refractivity contribution in [3.05, 3.63) is 23.8 Å². The number of oxime groups is 1. The van der Waals surface area contributed by atoms with E-state index < -0.39 is 0 Å². The smallest absolute Gasteiger partial charge is 0.128 e. The van der Waals surface area contributed by atoms with E-state index >= 15 is 0 Å². The molecule has 0 aromatic carbocycles. The average molecular weight is 151 g/mol. The SMILES string of the molecule is CCc1nccc(C=NO)n1. The van der Waals surface area contributed by atoms with Gasteiger partial charge in [0, 0.05) is 12.6 Å². The minimum Gasteiger partial charge on any atom is -0.411 e. The second-order valence-corrected chi connectivity index (χ2v) is 2.00. The van der Waals surface area contributed by atoms with Crippen LogP contribution in [0, 0.1) is 0 Å². The zero-order valence-corrected chi connectivity index (χ0v) is 6.23. The van der Waals surface area contributed by atoms with E-state index in [-0.39, 0.29) is 0 Å². The molecule has 1 rings (SSSR count). The van der Waals surface area contributed by atoms with Crippen LogP contribution in [0.3, 0.4) is 0 Å². The van der Waals surface area contributed by atoms with Crippen molar-refractivity contribution in [3.8, 4) is 0 Å². The Bertz CT molecular complexity index is 260. The van der Waals surface area contributed by atoms with E-state index in [4.69, 9.17) is 5.21 Å². The van der Waals surface area contributed by atoms with Crippen LogP contribution in [0.4, 0.5) is 0 Å². The topological polar surface area (TPSA) is 58.4 Å². The molecule has 4 heteroatoms. The van der Waals surface area contributed by atoms with Crippen molar-refractivity contribution in [2.45, 2.75) is 13.3 Å².